The molecule has 1 aliphatic heterocycles. The normalized spacial score (nSPS) is 14.9. The summed E-state index contributed by atoms with van der Waals surface area (Å²) >= 11 is 0. The van der Waals surface area contributed by atoms with Crippen molar-refractivity contribution in [3.8, 4) is 5.75 Å². The first-order valence-corrected chi connectivity index (χ1v) is 12.2. The van der Waals surface area contributed by atoms with Gasteiger partial charge in [0.15, 0.2) is 5.43 Å². The number of hydrogen-bond acceptors (Lipinski definition) is 4. The molecule has 6 heteroatoms. The number of benzene rings is 3. The molecule has 0 radical (unpaired) electrons. The summed E-state index contributed by atoms with van der Waals surface area (Å²) in [7, 11) is 0. The van der Waals surface area contributed by atoms with E-state index in [-0.39, 0.29) is 29.5 Å². The molecule has 1 unspecified atom stereocenters. The zero-order valence-corrected chi connectivity index (χ0v) is 20.6. The van der Waals surface area contributed by atoms with Crippen molar-refractivity contribution in [3.05, 3.63) is 110 Å². The molecular weight excluding hydrogens is 457 g/mol. The Morgan fingerprint density at radius 3 is 2.42 bits per heavy atom. The van der Waals surface area contributed by atoms with Gasteiger partial charge in [0.2, 0.25) is 5.76 Å². The zero-order valence-electron chi connectivity index (χ0n) is 20.6. The average Bonchev–Trinajstić information content (AvgIpc) is 3.13. The smallest absolute Gasteiger partial charge is 0.291 e. The number of unbranched alkanes of at least 4 members (excludes halogenated alkanes) is 1. The van der Waals surface area contributed by atoms with Crippen LogP contribution in [0.15, 0.2) is 69.9 Å². The van der Waals surface area contributed by atoms with Crippen molar-refractivity contribution in [2.75, 3.05) is 6.61 Å². The Hall–Kier alpha value is -3.93. The number of nitrogens with zero attached hydrogens (tertiary/aromatic N) is 1. The summed E-state index contributed by atoms with van der Waals surface area (Å²) in [5, 5.41) is 0.465. The minimum absolute atomic E-state index is 0.0647. The Morgan fingerprint density at radius 2 is 1.72 bits per heavy atom. The molecule has 3 aromatic carbocycles. The number of amides is 1. The highest BCUT2D eigenvalue weighted by atomic mass is 19.1. The maximum absolute atomic E-state index is 13.8. The topological polar surface area (TPSA) is 59.8 Å². The van der Waals surface area contributed by atoms with Crippen LogP contribution in [0.2, 0.25) is 0 Å². The van der Waals surface area contributed by atoms with E-state index >= 15 is 0 Å². The summed E-state index contributed by atoms with van der Waals surface area (Å²) < 4.78 is 25.5. The van der Waals surface area contributed by atoms with Crippen LogP contribution in [-0.2, 0) is 6.54 Å². The fourth-order valence-electron chi connectivity index (χ4n) is 4.85. The van der Waals surface area contributed by atoms with Gasteiger partial charge in [0.1, 0.15) is 17.1 Å². The molecule has 5 nitrogen and oxygen atoms in total. The van der Waals surface area contributed by atoms with Crippen LogP contribution in [0.4, 0.5) is 4.39 Å². The summed E-state index contributed by atoms with van der Waals surface area (Å²) in [6, 6.07) is 16.6. The van der Waals surface area contributed by atoms with Gasteiger partial charge in [0.25, 0.3) is 5.91 Å². The molecule has 0 saturated carbocycles. The van der Waals surface area contributed by atoms with Crippen molar-refractivity contribution in [1.29, 1.82) is 0 Å². The van der Waals surface area contributed by atoms with E-state index in [2.05, 4.69) is 6.92 Å². The molecule has 1 aromatic heterocycles. The first-order valence-electron chi connectivity index (χ1n) is 12.2. The number of carbonyl (C=O) groups is 1. The van der Waals surface area contributed by atoms with E-state index in [9.17, 15) is 14.0 Å². The van der Waals surface area contributed by atoms with Gasteiger partial charge in [-0.1, -0.05) is 43.7 Å². The van der Waals surface area contributed by atoms with Gasteiger partial charge in [0.05, 0.1) is 23.6 Å². The van der Waals surface area contributed by atoms with E-state index in [0.717, 1.165) is 40.8 Å². The van der Waals surface area contributed by atoms with Crippen LogP contribution >= 0.6 is 0 Å². The van der Waals surface area contributed by atoms with Gasteiger partial charge in [-0.25, -0.2) is 4.39 Å². The van der Waals surface area contributed by atoms with Crippen LogP contribution < -0.4 is 10.2 Å². The van der Waals surface area contributed by atoms with E-state index in [1.165, 1.54) is 12.1 Å². The maximum Gasteiger partial charge on any atom is 0.291 e. The zero-order chi connectivity index (χ0) is 25.4. The third-order valence-electron chi connectivity index (χ3n) is 6.63. The molecule has 0 fully saturated rings. The van der Waals surface area contributed by atoms with Crippen LogP contribution in [0.25, 0.3) is 11.0 Å². The molecule has 36 heavy (non-hydrogen) atoms. The van der Waals surface area contributed by atoms with E-state index in [1.54, 1.807) is 17.0 Å². The van der Waals surface area contributed by atoms with Gasteiger partial charge in [-0.15, -0.1) is 0 Å². The molecule has 1 amide bonds. The predicted octanol–water partition coefficient (Wildman–Crippen LogP) is 6.47. The molecule has 0 N–H and O–H groups in total. The Labute approximate surface area is 209 Å². The van der Waals surface area contributed by atoms with Crippen molar-refractivity contribution < 1.29 is 18.3 Å². The maximum atomic E-state index is 13.8. The second-order valence-corrected chi connectivity index (χ2v) is 9.37. The Morgan fingerprint density at radius 1 is 1.00 bits per heavy atom. The SMILES string of the molecule is CCCCOc1ccc(C2c3c(oc4c(C)cc(C)cc4c3=O)C(=O)N2Cc2ccc(F)cc2)cc1. The summed E-state index contributed by atoms with van der Waals surface area (Å²) in [6.45, 7) is 6.74. The summed E-state index contributed by atoms with van der Waals surface area (Å²) in [6.07, 6.45) is 2.00. The van der Waals surface area contributed by atoms with Crippen molar-refractivity contribution in [3.63, 3.8) is 0 Å². The highest BCUT2D eigenvalue weighted by molar-refractivity contribution is 5.99. The lowest BCUT2D eigenvalue weighted by Gasteiger charge is -2.25. The third kappa shape index (κ3) is 4.28. The van der Waals surface area contributed by atoms with Crippen LogP contribution in [0.5, 0.6) is 5.75 Å². The van der Waals surface area contributed by atoms with Crippen molar-refractivity contribution >= 4 is 16.9 Å². The van der Waals surface area contributed by atoms with Gasteiger partial charge < -0.3 is 14.1 Å². The summed E-state index contributed by atoms with van der Waals surface area (Å²) in [5.41, 5.74) is 3.85. The molecule has 184 valence electrons. The first-order chi connectivity index (χ1) is 17.4. The number of fused-ring (bicyclic) bond motifs is 2. The average molecular weight is 486 g/mol. The highest BCUT2D eigenvalue weighted by Crippen LogP contribution is 2.40. The van der Waals surface area contributed by atoms with E-state index in [1.807, 2.05) is 50.2 Å². The predicted molar refractivity (Wildman–Crippen MR) is 137 cm³/mol. The summed E-state index contributed by atoms with van der Waals surface area (Å²) in [5.74, 6) is 0.0916. The molecule has 1 aliphatic rings. The largest absolute Gasteiger partial charge is 0.494 e. The molecule has 2 heterocycles. The fraction of sp³-hybridized carbons (Fsp3) is 0.267. The van der Waals surface area contributed by atoms with Gasteiger partial charge in [-0.3, -0.25) is 9.59 Å². The van der Waals surface area contributed by atoms with E-state index in [4.69, 9.17) is 9.15 Å². The highest BCUT2D eigenvalue weighted by Gasteiger charge is 2.42. The van der Waals surface area contributed by atoms with Crippen LogP contribution in [0.1, 0.15) is 64.2 Å². The Bertz CT molecular complexity index is 1490. The van der Waals surface area contributed by atoms with E-state index < -0.39 is 6.04 Å². The number of halogens is 1. The molecule has 4 aromatic rings. The third-order valence-corrected chi connectivity index (χ3v) is 6.63. The molecule has 0 spiro atoms. The van der Waals surface area contributed by atoms with Gasteiger partial charge in [-0.2, -0.15) is 0 Å². The molecule has 5 rings (SSSR count). The molecule has 0 aliphatic carbocycles. The molecular formula is C30H28FNO4. The molecule has 0 bridgehead atoms. The van der Waals surface area contributed by atoms with Crippen LogP contribution in [0, 0.1) is 19.7 Å². The number of ether oxygens (including phenoxy) is 1. The number of hydrogen-bond donors (Lipinski definition) is 0. The van der Waals surface area contributed by atoms with Crippen LogP contribution in [-0.4, -0.2) is 17.4 Å². The molecule has 0 saturated heterocycles. The monoisotopic (exact) mass is 485 g/mol. The standard InChI is InChI=1S/C30H28FNO4/c1-4-5-14-35-23-12-8-21(9-13-23)26-25-27(33)24-16-18(2)15-19(3)28(24)36-29(25)30(34)32(26)17-20-6-10-22(31)11-7-20/h6-13,15-16,26H,4-5,14,17H2,1-3H3. The first kappa shape index (κ1) is 23.8. The van der Waals surface area contributed by atoms with Gasteiger partial charge in [-0.05, 0) is 72.9 Å². The fourth-order valence-corrected chi connectivity index (χ4v) is 4.85. The number of aryl methyl sites for hydroxylation is 2. The lowest BCUT2D eigenvalue weighted by molar-refractivity contribution is 0.0714. The van der Waals surface area contributed by atoms with Crippen molar-refractivity contribution in [1.82, 2.24) is 4.90 Å². The van der Waals surface area contributed by atoms with Crippen molar-refractivity contribution in [2.24, 2.45) is 0 Å². The quantitative estimate of drug-likeness (QED) is 0.281. The second kappa shape index (κ2) is 9.61. The number of rotatable bonds is 7. The van der Waals surface area contributed by atoms with Crippen molar-refractivity contribution in [2.45, 2.75) is 46.2 Å². The van der Waals surface area contributed by atoms with E-state index in [0.29, 0.717) is 23.1 Å². The Balaban J connectivity index is 1.63. The Kier molecular flexibility index (Phi) is 6.35. The minimum atomic E-state index is -0.635. The lowest BCUT2D eigenvalue weighted by Crippen LogP contribution is -2.29. The lowest BCUT2D eigenvalue weighted by atomic mass is 9.97. The van der Waals surface area contributed by atoms with Gasteiger partial charge in [0, 0.05) is 6.54 Å². The minimum Gasteiger partial charge on any atom is -0.494 e. The van der Waals surface area contributed by atoms with Gasteiger partial charge >= 0.3 is 0 Å². The van der Waals surface area contributed by atoms with Crippen LogP contribution in [0.3, 0.4) is 0 Å². The second-order valence-electron chi connectivity index (χ2n) is 9.37. The molecule has 1 atom stereocenters. The number of carbonyl (C=O) groups excluding carboxylic acids is 1. The summed E-state index contributed by atoms with van der Waals surface area (Å²) in [4.78, 5) is 29.1.